The summed E-state index contributed by atoms with van der Waals surface area (Å²) in [6.45, 7) is 16.9. The van der Waals surface area contributed by atoms with Crippen LogP contribution in [-0.4, -0.2) is 61.6 Å². The minimum Gasteiger partial charge on any atom is -0.377 e. The summed E-state index contributed by atoms with van der Waals surface area (Å²) in [5.41, 5.74) is 8.67. The maximum Gasteiger partial charge on any atom is 0.254 e. The number of rotatable bonds is 7. The zero-order chi connectivity index (χ0) is 29.7. The molecule has 41 heavy (non-hydrogen) atoms. The van der Waals surface area contributed by atoms with Crippen LogP contribution in [0.5, 0.6) is 0 Å². The Kier molecular flexibility index (Phi) is 10.3. The van der Waals surface area contributed by atoms with E-state index in [2.05, 4.69) is 93.6 Å². The largest absolute Gasteiger partial charge is 0.377 e. The molecule has 1 amide bonds. The number of nitrogens with one attached hydrogen (secondary N) is 1. The van der Waals surface area contributed by atoms with Crippen LogP contribution in [-0.2, 0) is 22.6 Å². The number of allylic oxidation sites excluding steroid dienone is 3. The molecule has 1 N–H and O–H groups in total. The van der Waals surface area contributed by atoms with E-state index in [-0.39, 0.29) is 26.3 Å². The van der Waals surface area contributed by atoms with Crippen molar-refractivity contribution in [2.75, 3.05) is 33.8 Å². The van der Waals surface area contributed by atoms with Gasteiger partial charge in [-0.2, -0.15) is 0 Å². The summed E-state index contributed by atoms with van der Waals surface area (Å²) < 4.78 is 5.96. The van der Waals surface area contributed by atoms with E-state index in [0.29, 0.717) is 25.6 Å². The van der Waals surface area contributed by atoms with Gasteiger partial charge < -0.3 is 19.9 Å². The van der Waals surface area contributed by atoms with Crippen molar-refractivity contribution in [2.24, 2.45) is 11.3 Å². The average Bonchev–Trinajstić information content (AvgIpc) is 3.87. The molecule has 3 unspecified atom stereocenters. The number of benzene rings is 1. The van der Waals surface area contributed by atoms with Gasteiger partial charge in [-0.25, -0.2) is 0 Å². The maximum absolute atomic E-state index is 13.8. The van der Waals surface area contributed by atoms with Crippen LogP contribution in [0.15, 0.2) is 52.6 Å². The van der Waals surface area contributed by atoms with Crippen molar-refractivity contribution < 1.29 is 12.4 Å². The van der Waals surface area contributed by atoms with E-state index in [9.17, 15) is 4.79 Å². The number of ether oxygens (including phenoxy) is 1. The molecule has 1 fully saturated rings. The minimum atomic E-state index is 0. The van der Waals surface area contributed by atoms with Crippen LogP contribution in [0.25, 0.3) is 0 Å². The van der Waals surface area contributed by atoms with Crippen LogP contribution in [0.1, 0.15) is 73.4 Å². The number of carbonyl (C=O) groups is 1. The lowest BCUT2D eigenvalue weighted by Gasteiger charge is -2.31. The highest BCUT2D eigenvalue weighted by Gasteiger charge is 2.59. The lowest BCUT2D eigenvalue weighted by molar-refractivity contribution is -0.127. The molecule has 1 radical (unpaired) electrons. The molecule has 5 aliphatic rings. The van der Waals surface area contributed by atoms with Gasteiger partial charge in [0.1, 0.15) is 0 Å². The molecule has 3 atom stereocenters. The molecule has 0 saturated heterocycles. The molecular weight excluding hydrogens is 506 g/mol. The van der Waals surface area contributed by atoms with E-state index in [0.717, 1.165) is 37.9 Å². The Morgan fingerprint density at radius 1 is 1.17 bits per heavy atom. The summed E-state index contributed by atoms with van der Waals surface area (Å²) in [6.07, 6.45) is 9.91. The predicted molar refractivity (Wildman–Crippen MR) is 173 cm³/mol. The van der Waals surface area contributed by atoms with Crippen LogP contribution in [0, 0.1) is 36.5 Å². The molecule has 6 rings (SSSR count). The van der Waals surface area contributed by atoms with Gasteiger partial charge in [0, 0.05) is 53.9 Å². The molecule has 1 aromatic rings. The smallest absolute Gasteiger partial charge is 0.254 e. The second-order valence-electron chi connectivity index (χ2n) is 12.2. The molecule has 5 heteroatoms. The highest BCUT2D eigenvalue weighted by Crippen LogP contribution is 2.66. The van der Waals surface area contributed by atoms with E-state index in [4.69, 9.17) is 4.74 Å². The highest BCUT2D eigenvalue weighted by atomic mass is 16.5. The number of carbonyl (C=O) groups excluding carboxylic acids is 1. The molecule has 0 spiro atoms. The first-order valence-corrected chi connectivity index (χ1v) is 15.5. The Labute approximate surface area is 252 Å². The third-order valence-electron chi connectivity index (χ3n) is 8.76. The fraction of sp³-hybridized carbons (Fsp3) is 0.556. The summed E-state index contributed by atoms with van der Waals surface area (Å²) >= 11 is 0. The summed E-state index contributed by atoms with van der Waals surface area (Å²) in [7, 11) is 4.13. The van der Waals surface area contributed by atoms with Crippen molar-refractivity contribution in [1.29, 1.82) is 0 Å². The van der Waals surface area contributed by atoms with Gasteiger partial charge in [-0.15, -0.1) is 11.8 Å². The van der Waals surface area contributed by atoms with Gasteiger partial charge in [-0.3, -0.25) is 4.79 Å². The Bertz CT molecular complexity index is 1280. The summed E-state index contributed by atoms with van der Waals surface area (Å²) in [6, 6.07) is 6.65. The molecular formula is C36H54N3O2. The van der Waals surface area contributed by atoms with Gasteiger partial charge in [0.15, 0.2) is 0 Å². The van der Waals surface area contributed by atoms with Gasteiger partial charge in [0.25, 0.3) is 5.91 Å². The van der Waals surface area contributed by atoms with Crippen LogP contribution in [0.2, 0.25) is 0 Å². The van der Waals surface area contributed by atoms with Crippen LogP contribution in [0.4, 0.5) is 0 Å². The normalized spacial score (nSPS) is 24.7. The molecule has 2 aliphatic heterocycles. The van der Waals surface area contributed by atoms with E-state index in [1.54, 1.807) is 0 Å². The molecule has 0 bridgehead atoms. The number of nitrogens with zero attached hydrogens (tertiary/aromatic N) is 2. The fourth-order valence-electron chi connectivity index (χ4n) is 6.18. The van der Waals surface area contributed by atoms with Crippen LogP contribution in [0.3, 0.4) is 0 Å². The van der Waals surface area contributed by atoms with E-state index >= 15 is 0 Å². The van der Waals surface area contributed by atoms with Crippen LogP contribution >= 0.6 is 0 Å². The van der Waals surface area contributed by atoms with Crippen molar-refractivity contribution in [1.82, 2.24) is 15.1 Å². The zero-order valence-electron chi connectivity index (χ0n) is 26.6. The molecule has 0 aromatic heterocycles. The average molecular weight is 561 g/mol. The highest BCUT2D eigenvalue weighted by molar-refractivity contribution is 6.00. The van der Waals surface area contributed by atoms with E-state index in [1.165, 1.54) is 33.4 Å². The first-order valence-electron chi connectivity index (χ1n) is 15.5. The lowest BCUT2D eigenvalue weighted by Crippen LogP contribution is -2.38. The molecule has 1 aromatic carbocycles. The molecule has 1 saturated carbocycles. The van der Waals surface area contributed by atoms with Gasteiger partial charge in [0.05, 0.1) is 18.8 Å². The molecule has 2 heterocycles. The topological polar surface area (TPSA) is 44.8 Å². The number of hydrogen-bond acceptors (Lipinski definition) is 4. The number of likely N-dealkylation sites (N-methyl/N-ethyl adjacent to an activating group) is 1. The number of fused-ring (bicyclic) bond motifs is 2. The maximum atomic E-state index is 13.8. The first kappa shape index (κ1) is 31.3. The first-order chi connectivity index (χ1) is 19.7. The Balaban J connectivity index is 0.000000465. The Morgan fingerprint density at radius 3 is 2.44 bits per heavy atom. The van der Waals surface area contributed by atoms with Crippen LogP contribution < -0.4 is 5.32 Å². The number of aryl methyl sites for hydroxylation is 1. The molecule has 3 aliphatic carbocycles. The fourth-order valence-corrected chi connectivity index (χ4v) is 6.18. The summed E-state index contributed by atoms with van der Waals surface area (Å²) in [4.78, 5) is 18.1. The monoisotopic (exact) mass is 560 g/mol. The molecule has 225 valence electrons. The lowest BCUT2D eigenvalue weighted by atomic mass is 9.79. The third-order valence-corrected chi connectivity index (χ3v) is 8.76. The van der Waals surface area contributed by atoms with Crippen molar-refractivity contribution in [3.05, 3.63) is 75.8 Å². The number of hydrogen-bond donors (Lipinski definition) is 1. The number of amides is 1. The van der Waals surface area contributed by atoms with E-state index < -0.39 is 0 Å². The summed E-state index contributed by atoms with van der Waals surface area (Å²) in [5, 5.41) is 3.46. The summed E-state index contributed by atoms with van der Waals surface area (Å²) in [5.74, 6) is 6.76. The second-order valence-corrected chi connectivity index (χ2v) is 12.2. The van der Waals surface area contributed by atoms with Crippen molar-refractivity contribution in [3.63, 3.8) is 0 Å². The Morgan fingerprint density at radius 2 is 1.83 bits per heavy atom. The standard InChI is InChI=1S/C27H33N2O2.C7H11N.C2H6.2H2/c1-16(2)31-15-24(28-5)22-11-21(25(18-8-9-18)23-12-27(22,23)4)26(30)29-13-19-7-6-17(3)10-20(19)14-29;1-8-6-4-2-3-5-7-8;1-2;;/h6-11,16,23-24,28H,12-15H2,1-5H3;4-7H2,1H3;1-2H3;2*1H. The quantitative estimate of drug-likeness (QED) is 0.387. The Hall–Kier alpha value is -2.65. The predicted octanol–water partition coefficient (Wildman–Crippen LogP) is 6.49. The van der Waals surface area contributed by atoms with Crippen molar-refractivity contribution >= 4 is 5.91 Å². The zero-order valence-corrected chi connectivity index (χ0v) is 26.6. The van der Waals surface area contributed by atoms with Gasteiger partial charge in [0.2, 0.25) is 0 Å². The molecule has 5 nitrogen and oxygen atoms in total. The van der Waals surface area contributed by atoms with Gasteiger partial charge >= 0.3 is 0 Å². The van der Waals surface area contributed by atoms with Crippen molar-refractivity contribution in [3.8, 4) is 11.8 Å². The van der Waals surface area contributed by atoms with Crippen molar-refractivity contribution in [2.45, 2.75) is 86.0 Å². The van der Waals surface area contributed by atoms with E-state index in [1.807, 2.05) is 25.8 Å². The second kappa shape index (κ2) is 13.6. The van der Waals surface area contributed by atoms with Gasteiger partial charge in [-0.05, 0) is 86.5 Å². The van der Waals surface area contributed by atoms with Gasteiger partial charge in [-0.1, -0.05) is 50.6 Å². The third kappa shape index (κ3) is 7.23. The minimum absolute atomic E-state index is 0. The SMILES string of the molecule is CC.CN1CCC#CCC1.CNC(COC(C)C)C1=CC(C(=O)N2Cc3ccc(C)cc3C2)=C(C2=C[CH]2)C2CC12C.[HH].[HH].